The van der Waals surface area contributed by atoms with Crippen LogP contribution in [0, 0.1) is 0 Å². The van der Waals surface area contributed by atoms with Gasteiger partial charge in [0.05, 0.1) is 26.4 Å². The molecule has 2 aromatic carbocycles. The molecule has 0 radical (unpaired) electrons. The molecule has 0 bridgehead atoms. The number of methoxy groups -OCH3 is 3. The van der Waals surface area contributed by atoms with Gasteiger partial charge in [-0.3, -0.25) is 0 Å². The lowest BCUT2D eigenvalue weighted by Crippen LogP contribution is -2.40. The Bertz CT molecular complexity index is 783. The summed E-state index contributed by atoms with van der Waals surface area (Å²) in [7, 11) is 0.000883. The van der Waals surface area contributed by atoms with Crippen molar-refractivity contribution in [3.8, 4) is 17.2 Å². The van der Waals surface area contributed by atoms with Crippen LogP contribution in [0.3, 0.4) is 0 Å². The molecule has 0 spiro atoms. The fraction of sp³-hybridized carbons (Fsp3) is 0.176. The van der Waals surface area contributed by atoms with Crippen molar-refractivity contribution in [1.29, 1.82) is 0 Å². The molecule has 0 aliphatic carbocycles. The first-order chi connectivity index (χ1) is 12.2. The second kappa shape index (κ2) is 10.2. The van der Waals surface area contributed by atoms with Crippen LogP contribution >= 0.6 is 19.2 Å². The van der Waals surface area contributed by atoms with Gasteiger partial charge in [-0.25, -0.2) is 0 Å². The van der Waals surface area contributed by atoms with Crippen molar-refractivity contribution >= 4 is 29.9 Å². The van der Waals surface area contributed by atoms with Gasteiger partial charge < -0.3 is 34.3 Å². The van der Waals surface area contributed by atoms with Crippen molar-refractivity contribution < 1.29 is 34.3 Å². The molecule has 0 aliphatic heterocycles. The Hall–Kier alpha value is -2.02. The molecule has 9 heteroatoms. The van der Waals surface area contributed by atoms with Crippen molar-refractivity contribution in [1.82, 2.24) is 0 Å². The summed E-state index contributed by atoms with van der Waals surface area (Å²) in [5, 5.41) is -0.122. The second-order valence-corrected chi connectivity index (χ2v) is 6.75. The van der Waals surface area contributed by atoms with Crippen LogP contribution in [0.1, 0.15) is 5.56 Å². The standard InChI is InChI=1S/C10H12ClO5P.C7H9NO/c1-15-8-3-7(4-9(5-8)16-2)10(11)6-17(12,13)14;1-9-7-5-3-2-4-6(7)8/h3-6H,1-2H3,(H2,12,13,14);2-5H,8H2,1H3. The average Bonchev–Trinajstić information content (AvgIpc) is 2.60. The summed E-state index contributed by atoms with van der Waals surface area (Å²) in [6.45, 7) is 0. The number of ether oxygens (including phenoxy) is 3. The summed E-state index contributed by atoms with van der Waals surface area (Å²) in [5.74, 6) is 2.34. The van der Waals surface area contributed by atoms with Crippen LogP contribution in [0.25, 0.3) is 5.03 Å². The molecule has 0 aromatic heterocycles. The third-order valence-electron chi connectivity index (χ3n) is 3.10. The van der Waals surface area contributed by atoms with Crippen molar-refractivity contribution in [2.24, 2.45) is 0 Å². The minimum atomic E-state index is -4.56. The third-order valence-corrected chi connectivity index (χ3v) is 4.16. The van der Waals surface area contributed by atoms with Crippen molar-refractivity contribution in [2.75, 3.05) is 21.3 Å². The van der Waals surface area contributed by atoms with Crippen LogP contribution < -0.4 is 24.8 Å². The third kappa shape index (κ3) is 7.47. The van der Waals surface area contributed by atoms with E-state index >= 15 is 0 Å². The highest BCUT2D eigenvalue weighted by molar-refractivity contribution is 7.54. The highest BCUT2D eigenvalue weighted by Crippen LogP contribution is 2.38. The van der Waals surface area contributed by atoms with E-state index in [2.05, 4.69) is 5.73 Å². The summed E-state index contributed by atoms with van der Waals surface area (Å²) in [6, 6.07) is 12.3. The topological polar surface area (TPSA) is 116 Å². The maximum Gasteiger partial charge on any atom is 0.179 e. The van der Waals surface area contributed by atoms with Crippen molar-refractivity contribution in [2.45, 2.75) is 0 Å². The molecule has 26 heavy (non-hydrogen) atoms. The second-order valence-electron chi connectivity index (χ2n) is 4.95. The van der Waals surface area contributed by atoms with Gasteiger partial charge in [-0.05, 0) is 18.2 Å². The first kappa shape index (κ1) is 22.0. The maximum absolute atomic E-state index is 10.7. The highest BCUT2D eigenvalue weighted by Gasteiger charge is 2.07. The lowest BCUT2D eigenvalue weighted by atomic mass is 10.2. The lowest BCUT2D eigenvalue weighted by molar-refractivity contribution is -0.256. The predicted octanol–water partition coefficient (Wildman–Crippen LogP) is 2.36. The van der Waals surface area contributed by atoms with E-state index in [0.29, 0.717) is 22.9 Å². The number of para-hydroxylation sites is 1. The van der Waals surface area contributed by atoms with E-state index in [1.54, 1.807) is 13.2 Å². The summed E-state index contributed by atoms with van der Waals surface area (Å²) in [5.41, 5.74) is 5.07. The van der Waals surface area contributed by atoms with Gasteiger partial charge in [0.15, 0.2) is 19.0 Å². The number of benzene rings is 2. The number of rotatable bonds is 5. The van der Waals surface area contributed by atoms with Gasteiger partial charge in [-0.1, -0.05) is 23.7 Å². The predicted molar refractivity (Wildman–Crippen MR) is 98.7 cm³/mol. The Labute approximate surface area is 157 Å². The van der Waals surface area contributed by atoms with Gasteiger partial charge in [0.2, 0.25) is 0 Å². The minimum Gasteiger partial charge on any atom is -0.775 e. The van der Waals surface area contributed by atoms with E-state index in [1.165, 1.54) is 26.4 Å². The van der Waals surface area contributed by atoms with Gasteiger partial charge in [0.25, 0.3) is 0 Å². The molecule has 0 saturated carbocycles. The van der Waals surface area contributed by atoms with E-state index in [4.69, 9.17) is 30.7 Å². The Morgan fingerprint density at radius 3 is 2.04 bits per heavy atom. The Morgan fingerprint density at radius 2 is 1.65 bits per heavy atom. The molecule has 2 rings (SSSR count). The fourth-order valence-electron chi connectivity index (χ4n) is 1.87. The quantitative estimate of drug-likeness (QED) is 0.743. The molecular formula is C17H21ClNO6P. The van der Waals surface area contributed by atoms with Crippen LogP contribution in [0.2, 0.25) is 0 Å². The van der Waals surface area contributed by atoms with Gasteiger partial charge in [-0.2, -0.15) is 0 Å². The average molecular weight is 402 g/mol. The number of hydrogen-bond donors (Lipinski definition) is 2. The van der Waals surface area contributed by atoms with Crippen LogP contribution in [0.4, 0.5) is 5.69 Å². The van der Waals surface area contributed by atoms with Gasteiger partial charge >= 0.3 is 0 Å². The molecule has 0 heterocycles. The smallest absolute Gasteiger partial charge is 0.179 e. The van der Waals surface area contributed by atoms with E-state index in [1.807, 2.05) is 24.3 Å². The molecule has 0 fully saturated rings. The first-order valence-electron chi connectivity index (χ1n) is 7.30. The van der Waals surface area contributed by atoms with Crippen LogP contribution in [0.5, 0.6) is 17.2 Å². The van der Waals surface area contributed by atoms with Gasteiger partial charge in [-0.15, -0.1) is 0 Å². The largest absolute Gasteiger partial charge is 0.775 e. The molecule has 1 atom stereocenters. The molecule has 2 aromatic rings. The number of quaternary nitrogens is 1. The number of hydrogen-bond acceptors (Lipinski definition) is 5. The molecular weight excluding hydrogens is 381 g/mol. The fourth-order valence-corrected chi connectivity index (χ4v) is 2.78. The first-order valence-corrected chi connectivity index (χ1v) is 9.33. The normalized spacial score (nSPS) is 13.1. The Balaban J connectivity index is 0.000000314. The number of halogens is 1. The van der Waals surface area contributed by atoms with Crippen molar-refractivity contribution in [3.63, 3.8) is 0 Å². The van der Waals surface area contributed by atoms with Crippen LogP contribution in [0.15, 0.2) is 48.3 Å². The highest BCUT2D eigenvalue weighted by atomic mass is 35.5. The molecule has 0 amide bonds. The van der Waals surface area contributed by atoms with Crippen molar-refractivity contribution in [3.05, 3.63) is 53.8 Å². The zero-order valence-electron chi connectivity index (χ0n) is 14.6. The van der Waals surface area contributed by atoms with Crippen LogP contribution in [-0.4, -0.2) is 26.2 Å². The zero-order chi connectivity index (χ0) is 19.7. The molecule has 0 saturated heterocycles. The summed E-state index contributed by atoms with van der Waals surface area (Å²) >= 11 is 5.77. The Morgan fingerprint density at radius 1 is 1.12 bits per heavy atom. The van der Waals surface area contributed by atoms with E-state index in [-0.39, 0.29) is 5.03 Å². The molecule has 4 N–H and O–H groups in total. The van der Waals surface area contributed by atoms with E-state index < -0.39 is 7.60 Å². The summed E-state index contributed by atoms with van der Waals surface area (Å²) < 4.78 is 25.7. The summed E-state index contributed by atoms with van der Waals surface area (Å²) in [6.07, 6.45) is 0. The monoisotopic (exact) mass is 401 g/mol. The molecule has 0 aliphatic rings. The van der Waals surface area contributed by atoms with Gasteiger partial charge in [0, 0.05) is 23.5 Å². The molecule has 1 unspecified atom stereocenters. The van der Waals surface area contributed by atoms with Crippen LogP contribution in [-0.2, 0) is 4.57 Å². The SMILES string of the molecule is COc1cc(OC)cc(C(Cl)=CP(=O)([O-])O)c1.COc1ccccc1[NH3+]. The van der Waals surface area contributed by atoms with Gasteiger partial charge in [0.1, 0.15) is 11.5 Å². The Kier molecular flexibility index (Phi) is 8.65. The minimum absolute atomic E-state index is 0.122. The lowest BCUT2D eigenvalue weighted by Gasteiger charge is -2.12. The maximum atomic E-state index is 10.7. The van der Waals surface area contributed by atoms with E-state index in [0.717, 1.165) is 11.4 Å². The summed E-state index contributed by atoms with van der Waals surface area (Å²) in [4.78, 5) is 19.4. The molecule has 142 valence electrons. The molecule has 7 nitrogen and oxygen atoms in total. The van der Waals surface area contributed by atoms with E-state index in [9.17, 15) is 9.46 Å². The zero-order valence-corrected chi connectivity index (χ0v) is 16.3.